The summed E-state index contributed by atoms with van der Waals surface area (Å²) in [5.41, 5.74) is 0. The standard InChI is InChI=1S/C7H16SiTe/c1-6-4-7(9)8(2,3)5-6/h6-7,9H,4-5H2,1-3H3. The Labute approximate surface area is 72.3 Å². The molecule has 54 valence electrons. The van der Waals surface area contributed by atoms with Crippen molar-refractivity contribution in [2.75, 3.05) is 0 Å². The van der Waals surface area contributed by atoms with Crippen molar-refractivity contribution in [1.29, 1.82) is 0 Å². The van der Waals surface area contributed by atoms with Gasteiger partial charge in [-0.2, -0.15) is 0 Å². The van der Waals surface area contributed by atoms with Crippen molar-refractivity contribution in [1.82, 2.24) is 0 Å². The molecule has 1 rings (SSSR count). The molecule has 0 aromatic heterocycles. The molecule has 0 saturated carbocycles. The quantitative estimate of drug-likeness (QED) is 0.581. The van der Waals surface area contributed by atoms with Gasteiger partial charge in [-0.25, -0.2) is 0 Å². The predicted molar refractivity (Wildman–Crippen MR) is 47.0 cm³/mol. The fourth-order valence-corrected chi connectivity index (χ4v) is 7.02. The molecule has 0 aromatic carbocycles. The monoisotopic (exact) mass is 258 g/mol. The third kappa shape index (κ3) is 1.73. The van der Waals surface area contributed by atoms with Crippen molar-refractivity contribution in [2.45, 2.75) is 36.1 Å². The van der Waals surface area contributed by atoms with Crippen LogP contribution in [0.5, 0.6) is 0 Å². The zero-order valence-corrected chi connectivity index (χ0v) is 10.1. The second kappa shape index (κ2) is 2.56. The summed E-state index contributed by atoms with van der Waals surface area (Å²) in [7, 11) is -0.684. The summed E-state index contributed by atoms with van der Waals surface area (Å²) >= 11 is 2.09. The van der Waals surface area contributed by atoms with Crippen molar-refractivity contribution < 1.29 is 0 Å². The fraction of sp³-hybridized carbons (Fsp3) is 1.00. The minimum atomic E-state index is -0.684. The normalized spacial score (nSPS) is 41.3. The van der Waals surface area contributed by atoms with Crippen LogP contribution in [0.15, 0.2) is 0 Å². The average Bonchev–Trinajstić information content (AvgIpc) is 1.79. The molecule has 1 fully saturated rings. The predicted octanol–water partition coefficient (Wildman–Crippen LogP) is 1.96. The van der Waals surface area contributed by atoms with E-state index < -0.39 is 8.07 Å². The van der Waals surface area contributed by atoms with Gasteiger partial charge in [-0.1, -0.05) is 0 Å². The van der Waals surface area contributed by atoms with E-state index in [2.05, 4.69) is 42.3 Å². The summed E-state index contributed by atoms with van der Waals surface area (Å²) in [6.07, 6.45) is 1.52. The topological polar surface area (TPSA) is 0 Å². The third-order valence-electron chi connectivity index (χ3n) is 2.40. The summed E-state index contributed by atoms with van der Waals surface area (Å²) in [6, 6.07) is 1.58. The van der Waals surface area contributed by atoms with E-state index in [1.807, 2.05) is 0 Å². The van der Waals surface area contributed by atoms with Gasteiger partial charge in [0.1, 0.15) is 0 Å². The summed E-state index contributed by atoms with van der Waals surface area (Å²) in [6.45, 7) is 7.49. The Balaban J connectivity index is 2.58. The molecular formula is C7H16SiTe. The van der Waals surface area contributed by atoms with Crippen LogP contribution in [0, 0.1) is 5.92 Å². The van der Waals surface area contributed by atoms with Crippen LogP contribution in [0.1, 0.15) is 13.3 Å². The van der Waals surface area contributed by atoms with Crippen LogP contribution >= 0.6 is 0 Å². The van der Waals surface area contributed by atoms with Crippen LogP contribution in [0.3, 0.4) is 0 Å². The van der Waals surface area contributed by atoms with Crippen molar-refractivity contribution in [2.24, 2.45) is 5.92 Å². The molecule has 0 radical (unpaired) electrons. The second-order valence-electron chi connectivity index (χ2n) is 4.05. The Morgan fingerprint density at radius 2 is 2.00 bits per heavy atom. The van der Waals surface area contributed by atoms with E-state index in [0.717, 1.165) is 9.51 Å². The van der Waals surface area contributed by atoms with Crippen LogP contribution in [0.25, 0.3) is 0 Å². The molecule has 2 unspecified atom stereocenters. The Morgan fingerprint density at radius 1 is 1.44 bits per heavy atom. The zero-order valence-electron chi connectivity index (χ0n) is 6.52. The maximum absolute atomic E-state index is 2.54. The van der Waals surface area contributed by atoms with Gasteiger partial charge in [0.2, 0.25) is 0 Å². The van der Waals surface area contributed by atoms with Crippen LogP contribution < -0.4 is 0 Å². The van der Waals surface area contributed by atoms with Gasteiger partial charge in [-0.05, 0) is 0 Å². The van der Waals surface area contributed by atoms with E-state index in [9.17, 15) is 0 Å². The first-order valence-corrected chi connectivity index (χ1v) is 8.46. The first kappa shape index (κ1) is 8.11. The van der Waals surface area contributed by atoms with Crippen molar-refractivity contribution in [3.8, 4) is 0 Å². The van der Waals surface area contributed by atoms with Crippen molar-refractivity contribution in [3.63, 3.8) is 0 Å². The average molecular weight is 256 g/mol. The Bertz CT molecular complexity index is 111. The Morgan fingerprint density at radius 3 is 2.11 bits per heavy atom. The number of hydrogen-bond donors (Lipinski definition) is 0. The molecular weight excluding hydrogens is 240 g/mol. The molecule has 2 heteroatoms. The van der Waals surface area contributed by atoms with E-state index in [4.69, 9.17) is 0 Å². The zero-order chi connectivity index (χ0) is 7.07. The van der Waals surface area contributed by atoms with Crippen LogP contribution in [0.4, 0.5) is 0 Å². The van der Waals surface area contributed by atoms with E-state index in [-0.39, 0.29) is 0 Å². The SMILES string of the molecule is CC1CC([TeH])[Si](C)(C)C1. The summed E-state index contributed by atoms with van der Waals surface area (Å²) < 4.78 is 1.13. The summed E-state index contributed by atoms with van der Waals surface area (Å²) in [4.78, 5) is 0. The van der Waals surface area contributed by atoms with Crippen molar-refractivity contribution in [3.05, 3.63) is 0 Å². The van der Waals surface area contributed by atoms with E-state index in [1.54, 1.807) is 6.04 Å². The van der Waals surface area contributed by atoms with Gasteiger partial charge in [-0.3, -0.25) is 0 Å². The van der Waals surface area contributed by atoms with Crippen LogP contribution in [-0.4, -0.2) is 30.4 Å². The molecule has 0 amide bonds. The van der Waals surface area contributed by atoms with Gasteiger partial charge >= 0.3 is 72.4 Å². The molecule has 0 aromatic rings. The maximum atomic E-state index is 2.54. The van der Waals surface area contributed by atoms with Gasteiger partial charge in [0.15, 0.2) is 0 Å². The summed E-state index contributed by atoms with van der Waals surface area (Å²) in [5.74, 6) is 1.04. The van der Waals surface area contributed by atoms with E-state index >= 15 is 0 Å². The molecule has 9 heavy (non-hydrogen) atoms. The molecule has 0 bridgehead atoms. The Hall–Kier alpha value is 1.01. The first-order chi connectivity index (χ1) is 4.02. The molecule has 1 heterocycles. The molecule has 0 aliphatic carbocycles. The van der Waals surface area contributed by atoms with Crippen molar-refractivity contribution >= 4 is 30.4 Å². The van der Waals surface area contributed by atoms with E-state index in [1.165, 1.54) is 6.42 Å². The molecule has 1 aliphatic heterocycles. The van der Waals surface area contributed by atoms with Gasteiger partial charge in [0, 0.05) is 0 Å². The first-order valence-electron chi connectivity index (χ1n) is 3.70. The van der Waals surface area contributed by atoms with Crippen LogP contribution in [0.2, 0.25) is 22.7 Å². The van der Waals surface area contributed by atoms with Gasteiger partial charge in [0.05, 0.1) is 0 Å². The summed E-state index contributed by atoms with van der Waals surface area (Å²) in [5, 5.41) is 0. The number of rotatable bonds is 0. The number of hydrogen-bond acceptors (Lipinski definition) is 0. The third-order valence-corrected chi connectivity index (χ3v) is 12.8. The molecule has 1 saturated heterocycles. The molecule has 2 atom stereocenters. The van der Waals surface area contributed by atoms with Gasteiger partial charge in [-0.15, -0.1) is 0 Å². The second-order valence-corrected chi connectivity index (χ2v) is 12.4. The Kier molecular flexibility index (Phi) is 2.31. The van der Waals surface area contributed by atoms with Gasteiger partial charge < -0.3 is 0 Å². The minimum absolute atomic E-state index is 0.684. The van der Waals surface area contributed by atoms with Crippen LogP contribution in [-0.2, 0) is 0 Å². The molecule has 1 aliphatic rings. The van der Waals surface area contributed by atoms with Gasteiger partial charge in [0.25, 0.3) is 0 Å². The molecule has 0 spiro atoms. The fourth-order valence-electron chi connectivity index (χ4n) is 1.82. The molecule has 0 N–H and O–H groups in total. The molecule has 0 nitrogen and oxygen atoms in total. The van der Waals surface area contributed by atoms with E-state index in [0.29, 0.717) is 0 Å².